The normalized spacial score (nSPS) is 26.2. The Morgan fingerprint density at radius 3 is 2.20 bits per heavy atom. The minimum atomic E-state index is -1.18. The van der Waals surface area contributed by atoms with Gasteiger partial charge in [-0.2, -0.15) is 0 Å². The molecule has 5 unspecified atom stereocenters. The molecule has 0 aromatic heterocycles. The number of benzene rings is 2. The molecule has 1 heterocycles. The first-order valence-electron chi connectivity index (χ1n) is 9.72. The summed E-state index contributed by atoms with van der Waals surface area (Å²) in [6.45, 7) is -0.124. The fourth-order valence-corrected chi connectivity index (χ4v) is 3.29. The van der Waals surface area contributed by atoms with Crippen molar-refractivity contribution in [3.05, 3.63) is 71.8 Å². The monoisotopic (exact) mass is 417 g/mol. The molecule has 8 nitrogen and oxygen atoms in total. The van der Waals surface area contributed by atoms with Gasteiger partial charge in [0.25, 0.3) is 0 Å². The van der Waals surface area contributed by atoms with Gasteiger partial charge in [0.15, 0.2) is 6.29 Å². The zero-order valence-electron chi connectivity index (χ0n) is 16.7. The van der Waals surface area contributed by atoms with Crippen LogP contribution in [0, 0.1) is 0 Å². The molecule has 1 saturated heterocycles. The van der Waals surface area contributed by atoms with Gasteiger partial charge in [-0.05, 0) is 11.1 Å². The highest BCUT2D eigenvalue weighted by molar-refractivity contribution is 5.67. The molecule has 1 amide bonds. The van der Waals surface area contributed by atoms with Crippen molar-refractivity contribution in [1.82, 2.24) is 5.32 Å². The molecule has 2 aromatic carbocycles. The lowest BCUT2D eigenvalue weighted by Gasteiger charge is -2.43. The van der Waals surface area contributed by atoms with E-state index in [-0.39, 0.29) is 13.2 Å². The lowest BCUT2D eigenvalue weighted by atomic mass is 9.96. The van der Waals surface area contributed by atoms with E-state index in [2.05, 4.69) is 5.32 Å². The minimum absolute atomic E-state index is 0.0925. The van der Waals surface area contributed by atoms with Gasteiger partial charge in [0.2, 0.25) is 0 Å². The van der Waals surface area contributed by atoms with E-state index in [9.17, 15) is 15.0 Å². The average molecular weight is 417 g/mol. The molecule has 0 saturated carbocycles. The molecule has 0 bridgehead atoms. The largest absolute Gasteiger partial charge is 0.445 e. The Morgan fingerprint density at radius 1 is 1.03 bits per heavy atom. The molecular weight excluding hydrogens is 390 g/mol. The number of nitrogens with one attached hydrogen (secondary N) is 1. The van der Waals surface area contributed by atoms with E-state index < -0.39 is 43.3 Å². The van der Waals surface area contributed by atoms with Crippen molar-refractivity contribution in [3.63, 3.8) is 0 Å². The van der Waals surface area contributed by atoms with E-state index >= 15 is 0 Å². The third kappa shape index (κ3) is 5.78. The van der Waals surface area contributed by atoms with E-state index in [1.54, 1.807) is 0 Å². The summed E-state index contributed by atoms with van der Waals surface area (Å²) in [5.41, 5.74) is 1.74. The lowest BCUT2D eigenvalue weighted by molar-refractivity contribution is -0.271. The van der Waals surface area contributed by atoms with E-state index in [0.717, 1.165) is 11.1 Å². The van der Waals surface area contributed by atoms with Crippen LogP contribution < -0.4 is 5.32 Å². The van der Waals surface area contributed by atoms with Crippen molar-refractivity contribution < 1.29 is 34.0 Å². The number of methoxy groups -OCH3 is 1. The molecular formula is C22H27NO7. The molecule has 0 aliphatic carbocycles. The second kappa shape index (κ2) is 11.1. The molecule has 30 heavy (non-hydrogen) atoms. The maximum Gasteiger partial charge on any atom is 0.407 e. The smallest absolute Gasteiger partial charge is 0.407 e. The number of amides is 1. The Balaban J connectivity index is 1.68. The summed E-state index contributed by atoms with van der Waals surface area (Å²) in [5, 5.41) is 22.9. The van der Waals surface area contributed by atoms with E-state index in [0.29, 0.717) is 0 Å². The van der Waals surface area contributed by atoms with Crippen LogP contribution >= 0.6 is 0 Å². The van der Waals surface area contributed by atoms with Gasteiger partial charge in [0.05, 0.1) is 13.2 Å². The highest BCUT2D eigenvalue weighted by Gasteiger charge is 2.47. The van der Waals surface area contributed by atoms with Crippen LogP contribution in [0.25, 0.3) is 0 Å². The number of aliphatic hydroxyl groups is 2. The molecule has 8 heteroatoms. The number of ether oxygens (including phenoxy) is 4. The van der Waals surface area contributed by atoms with Crippen LogP contribution in [-0.4, -0.2) is 60.7 Å². The quantitative estimate of drug-likeness (QED) is 0.599. The molecule has 3 N–H and O–H groups in total. The summed E-state index contributed by atoms with van der Waals surface area (Å²) in [4.78, 5) is 12.4. The number of hydrogen-bond donors (Lipinski definition) is 3. The van der Waals surface area contributed by atoms with E-state index in [1.165, 1.54) is 7.11 Å². The number of rotatable bonds is 8. The second-order valence-electron chi connectivity index (χ2n) is 6.94. The van der Waals surface area contributed by atoms with Crippen molar-refractivity contribution in [2.24, 2.45) is 0 Å². The SMILES string of the molecule is COC1OC(CO)C(O)C(OCc2ccccc2)C1NC(=O)OCc1ccccc1. The van der Waals surface area contributed by atoms with Crippen LogP contribution in [0.2, 0.25) is 0 Å². The Morgan fingerprint density at radius 2 is 1.63 bits per heavy atom. The van der Waals surface area contributed by atoms with Crippen LogP contribution in [0.4, 0.5) is 4.79 Å². The summed E-state index contributed by atoms with van der Waals surface area (Å²) in [6.07, 6.45) is -4.60. The van der Waals surface area contributed by atoms with Gasteiger partial charge in [-0.15, -0.1) is 0 Å². The molecule has 2 aromatic rings. The van der Waals surface area contributed by atoms with Crippen LogP contribution in [0.5, 0.6) is 0 Å². The van der Waals surface area contributed by atoms with E-state index in [1.807, 2.05) is 60.7 Å². The first-order chi connectivity index (χ1) is 14.6. The topological polar surface area (TPSA) is 106 Å². The van der Waals surface area contributed by atoms with Gasteiger partial charge in [0.1, 0.15) is 31.0 Å². The molecule has 162 valence electrons. The number of carbonyl (C=O) groups excluding carboxylic acids is 1. The first-order valence-corrected chi connectivity index (χ1v) is 9.72. The summed E-state index contributed by atoms with van der Waals surface area (Å²) >= 11 is 0. The van der Waals surface area contributed by atoms with Gasteiger partial charge < -0.3 is 34.5 Å². The van der Waals surface area contributed by atoms with Gasteiger partial charge in [-0.1, -0.05) is 60.7 Å². The molecule has 1 aliphatic heterocycles. The molecule has 0 radical (unpaired) electrons. The van der Waals surface area contributed by atoms with Crippen molar-refractivity contribution in [3.8, 4) is 0 Å². The highest BCUT2D eigenvalue weighted by atomic mass is 16.7. The van der Waals surface area contributed by atoms with Gasteiger partial charge in [-0.25, -0.2) is 4.79 Å². The molecule has 1 aliphatic rings. The van der Waals surface area contributed by atoms with Crippen molar-refractivity contribution in [1.29, 1.82) is 0 Å². The van der Waals surface area contributed by atoms with Crippen molar-refractivity contribution in [2.45, 2.75) is 43.9 Å². The predicted molar refractivity (Wildman–Crippen MR) is 107 cm³/mol. The van der Waals surface area contributed by atoms with Gasteiger partial charge in [0, 0.05) is 7.11 Å². The Hall–Kier alpha value is -2.49. The summed E-state index contributed by atoms with van der Waals surface area (Å²) in [7, 11) is 1.41. The molecule has 0 spiro atoms. The average Bonchev–Trinajstić information content (AvgIpc) is 2.79. The number of aliphatic hydroxyl groups excluding tert-OH is 2. The molecule has 5 atom stereocenters. The van der Waals surface area contributed by atoms with Crippen LogP contribution in [0.3, 0.4) is 0 Å². The summed E-state index contributed by atoms with van der Waals surface area (Å²) < 4.78 is 22.1. The minimum Gasteiger partial charge on any atom is -0.445 e. The third-order valence-electron chi connectivity index (χ3n) is 4.87. The fourth-order valence-electron chi connectivity index (χ4n) is 3.29. The maximum absolute atomic E-state index is 12.4. The van der Waals surface area contributed by atoms with Crippen molar-refractivity contribution >= 4 is 6.09 Å². The highest BCUT2D eigenvalue weighted by Crippen LogP contribution is 2.25. The molecule has 3 rings (SSSR count). The zero-order valence-corrected chi connectivity index (χ0v) is 16.7. The second-order valence-corrected chi connectivity index (χ2v) is 6.94. The van der Waals surface area contributed by atoms with Gasteiger partial charge >= 0.3 is 6.09 Å². The number of hydrogen-bond acceptors (Lipinski definition) is 7. The Labute approximate surface area is 175 Å². The van der Waals surface area contributed by atoms with Gasteiger partial charge in [-0.3, -0.25) is 0 Å². The zero-order chi connectivity index (χ0) is 21.3. The van der Waals surface area contributed by atoms with Crippen LogP contribution in [0.15, 0.2) is 60.7 Å². The number of carbonyl (C=O) groups is 1. The van der Waals surface area contributed by atoms with Crippen molar-refractivity contribution in [2.75, 3.05) is 13.7 Å². The Bertz CT molecular complexity index is 774. The summed E-state index contributed by atoms with van der Waals surface area (Å²) in [6, 6.07) is 17.8. The number of alkyl carbamates (subject to hydrolysis) is 1. The predicted octanol–water partition coefficient (Wildman–Crippen LogP) is 1.59. The standard InChI is InChI=1S/C22H27NO7/c1-27-21-18(23-22(26)29-14-16-10-6-3-7-11-16)20(19(25)17(12-24)30-21)28-13-15-8-4-2-5-9-15/h2-11,17-21,24-25H,12-14H2,1H3,(H,23,26). The lowest BCUT2D eigenvalue weighted by Crippen LogP contribution is -2.65. The van der Waals surface area contributed by atoms with Crippen LogP contribution in [-0.2, 0) is 32.2 Å². The maximum atomic E-state index is 12.4. The third-order valence-corrected chi connectivity index (χ3v) is 4.87. The first kappa shape index (κ1) is 22.2. The summed E-state index contributed by atoms with van der Waals surface area (Å²) in [5.74, 6) is 0. The fraction of sp³-hybridized carbons (Fsp3) is 0.409. The van der Waals surface area contributed by atoms with E-state index in [4.69, 9.17) is 18.9 Å². The molecule has 1 fully saturated rings. The van der Waals surface area contributed by atoms with Crippen LogP contribution in [0.1, 0.15) is 11.1 Å². The Kier molecular flexibility index (Phi) is 8.18.